The summed E-state index contributed by atoms with van der Waals surface area (Å²) >= 11 is 0. The number of anilines is 1. The van der Waals surface area contributed by atoms with E-state index in [4.69, 9.17) is 9.47 Å². The minimum atomic E-state index is 0. The van der Waals surface area contributed by atoms with E-state index in [2.05, 4.69) is 10.6 Å². The van der Waals surface area contributed by atoms with E-state index >= 15 is 0 Å². The number of allylic oxidation sites excluding steroid dienone is 3. The number of ether oxygens (including phenoxy) is 2. The lowest BCUT2D eigenvalue weighted by Crippen LogP contribution is -2.42. The average Bonchev–Trinajstić information content (AvgIpc) is 2.91. The summed E-state index contributed by atoms with van der Waals surface area (Å²) < 4.78 is 12.2. The molecule has 0 aromatic heterocycles. The topological polar surface area (TPSA) is 59.6 Å². The number of ketones is 1. The van der Waals surface area contributed by atoms with Crippen LogP contribution in [0.5, 0.6) is 11.5 Å². The van der Waals surface area contributed by atoms with Gasteiger partial charge in [-0.25, -0.2) is 0 Å². The first-order valence-corrected chi connectivity index (χ1v) is 8.68. The minimum Gasteiger partial charge on any atom is -0.490 e. The highest BCUT2D eigenvalue weighted by Crippen LogP contribution is 2.39. The molecule has 1 aliphatic carbocycles. The Balaban J connectivity index is 0.00000157. The van der Waals surface area contributed by atoms with Crippen LogP contribution in [0.1, 0.15) is 32.1 Å². The molecule has 2 bridgehead atoms. The maximum atomic E-state index is 11.6. The second kappa shape index (κ2) is 6.39. The van der Waals surface area contributed by atoms with Crippen LogP contribution in [0, 0.1) is 0 Å². The Morgan fingerprint density at radius 3 is 2.72 bits per heavy atom. The summed E-state index contributed by atoms with van der Waals surface area (Å²) in [6.07, 6.45) is 8.61. The van der Waals surface area contributed by atoms with Gasteiger partial charge in [-0.15, -0.1) is 12.4 Å². The Kier molecular flexibility index (Phi) is 4.21. The van der Waals surface area contributed by atoms with Crippen molar-refractivity contribution in [3.63, 3.8) is 0 Å². The van der Waals surface area contributed by atoms with Crippen molar-refractivity contribution in [1.29, 1.82) is 0 Å². The van der Waals surface area contributed by atoms with Gasteiger partial charge in [0.1, 0.15) is 17.6 Å². The molecule has 0 saturated carbocycles. The molecule has 0 amide bonds. The van der Waals surface area contributed by atoms with E-state index in [1.807, 2.05) is 18.2 Å². The SMILES string of the molecule is Cl.O=C1C=CC2=C(C1)Oc1cc(OC3CC4CCC(C3)N4)ccc1N2. The van der Waals surface area contributed by atoms with Crippen LogP contribution in [0.15, 0.2) is 41.8 Å². The Hall–Kier alpha value is -1.98. The standard InChI is InChI=1S/C19H20N2O3.ClH/c22-13-3-5-16-18(9-13)24-19-10-14(4-6-17(19)21-16)23-15-7-11-1-2-12(8-15)20-11;/h3-6,10-12,15,20-21H,1-2,7-9H2;1H. The third-order valence-electron chi connectivity index (χ3n) is 5.26. The highest BCUT2D eigenvalue weighted by molar-refractivity contribution is 5.94. The van der Waals surface area contributed by atoms with Crippen molar-refractivity contribution in [2.24, 2.45) is 0 Å². The molecule has 2 saturated heterocycles. The number of rotatable bonds is 2. The average molecular weight is 361 g/mol. The molecular formula is C19H21ClN2O3. The molecule has 5 rings (SSSR count). The molecule has 0 radical (unpaired) electrons. The molecule has 3 aliphatic heterocycles. The molecule has 132 valence electrons. The quantitative estimate of drug-likeness (QED) is 0.847. The van der Waals surface area contributed by atoms with E-state index < -0.39 is 0 Å². The fourth-order valence-corrected chi connectivity index (χ4v) is 4.12. The van der Waals surface area contributed by atoms with Gasteiger partial charge in [-0.1, -0.05) is 0 Å². The Morgan fingerprint density at radius 2 is 1.92 bits per heavy atom. The zero-order valence-corrected chi connectivity index (χ0v) is 14.6. The van der Waals surface area contributed by atoms with E-state index in [1.165, 1.54) is 12.8 Å². The molecule has 1 aromatic carbocycles. The summed E-state index contributed by atoms with van der Waals surface area (Å²) in [4.78, 5) is 11.6. The first kappa shape index (κ1) is 16.5. The predicted octanol–water partition coefficient (Wildman–Crippen LogP) is 3.32. The van der Waals surface area contributed by atoms with Crippen LogP contribution in [-0.4, -0.2) is 24.0 Å². The van der Waals surface area contributed by atoms with Crippen LogP contribution in [0.25, 0.3) is 0 Å². The molecule has 2 N–H and O–H groups in total. The molecule has 1 aromatic rings. The van der Waals surface area contributed by atoms with Crippen molar-refractivity contribution in [2.75, 3.05) is 5.32 Å². The first-order chi connectivity index (χ1) is 11.7. The number of hydrogen-bond donors (Lipinski definition) is 2. The summed E-state index contributed by atoms with van der Waals surface area (Å²) in [5.74, 6) is 2.32. The van der Waals surface area contributed by atoms with Gasteiger partial charge in [0.05, 0.1) is 17.8 Å². The second-order valence-electron chi connectivity index (χ2n) is 7.05. The van der Waals surface area contributed by atoms with Crippen LogP contribution in [-0.2, 0) is 4.79 Å². The Labute approximate surface area is 152 Å². The van der Waals surface area contributed by atoms with Crippen LogP contribution < -0.4 is 20.1 Å². The Bertz CT molecular complexity index is 762. The van der Waals surface area contributed by atoms with Crippen LogP contribution >= 0.6 is 12.4 Å². The van der Waals surface area contributed by atoms with Gasteiger partial charge in [0, 0.05) is 18.2 Å². The first-order valence-electron chi connectivity index (χ1n) is 8.68. The van der Waals surface area contributed by atoms with E-state index in [0.717, 1.165) is 35.7 Å². The molecule has 3 heterocycles. The Morgan fingerprint density at radius 1 is 1.12 bits per heavy atom. The van der Waals surface area contributed by atoms with Gasteiger partial charge < -0.3 is 20.1 Å². The zero-order chi connectivity index (χ0) is 16.1. The van der Waals surface area contributed by atoms with Gasteiger partial charge in [-0.3, -0.25) is 4.79 Å². The summed E-state index contributed by atoms with van der Waals surface area (Å²) in [5.41, 5.74) is 1.77. The molecular weight excluding hydrogens is 340 g/mol. The summed E-state index contributed by atoms with van der Waals surface area (Å²) in [5, 5.41) is 6.96. The number of benzene rings is 1. The number of nitrogens with one attached hydrogen (secondary N) is 2. The number of fused-ring (bicyclic) bond motifs is 3. The number of hydrogen-bond acceptors (Lipinski definition) is 5. The van der Waals surface area contributed by atoms with Crippen molar-refractivity contribution in [2.45, 2.75) is 50.3 Å². The predicted molar refractivity (Wildman–Crippen MR) is 97.3 cm³/mol. The van der Waals surface area contributed by atoms with Crippen LogP contribution in [0.4, 0.5) is 5.69 Å². The molecule has 2 unspecified atom stereocenters. The third kappa shape index (κ3) is 3.14. The molecule has 5 nitrogen and oxygen atoms in total. The lowest BCUT2D eigenvalue weighted by Gasteiger charge is -2.30. The van der Waals surface area contributed by atoms with Gasteiger partial charge in [-0.2, -0.15) is 0 Å². The van der Waals surface area contributed by atoms with Gasteiger partial charge in [-0.05, 0) is 50.0 Å². The van der Waals surface area contributed by atoms with Crippen molar-refractivity contribution in [1.82, 2.24) is 5.32 Å². The minimum absolute atomic E-state index is 0. The lowest BCUT2D eigenvalue weighted by molar-refractivity contribution is -0.114. The molecule has 4 aliphatic rings. The largest absolute Gasteiger partial charge is 0.490 e. The summed E-state index contributed by atoms with van der Waals surface area (Å²) in [6, 6.07) is 7.12. The number of piperidine rings is 1. The molecule has 0 spiro atoms. The monoisotopic (exact) mass is 360 g/mol. The fraction of sp³-hybridized carbons (Fsp3) is 0.421. The normalized spacial score (nSPS) is 29.1. The van der Waals surface area contributed by atoms with Crippen LogP contribution in [0.3, 0.4) is 0 Å². The second-order valence-corrected chi connectivity index (χ2v) is 7.05. The molecule has 25 heavy (non-hydrogen) atoms. The van der Waals surface area contributed by atoms with Gasteiger partial charge in [0.25, 0.3) is 0 Å². The van der Waals surface area contributed by atoms with Gasteiger partial charge >= 0.3 is 0 Å². The third-order valence-corrected chi connectivity index (χ3v) is 5.26. The smallest absolute Gasteiger partial charge is 0.163 e. The van der Waals surface area contributed by atoms with Crippen molar-refractivity contribution in [3.05, 3.63) is 41.8 Å². The van der Waals surface area contributed by atoms with Crippen LogP contribution in [0.2, 0.25) is 0 Å². The zero-order valence-electron chi connectivity index (χ0n) is 13.8. The summed E-state index contributed by atoms with van der Waals surface area (Å²) in [7, 11) is 0. The van der Waals surface area contributed by atoms with E-state index in [0.29, 0.717) is 24.3 Å². The highest BCUT2D eigenvalue weighted by Gasteiger charge is 2.34. The maximum absolute atomic E-state index is 11.6. The van der Waals surface area contributed by atoms with E-state index in [1.54, 1.807) is 12.2 Å². The lowest BCUT2D eigenvalue weighted by atomic mass is 10.0. The number of halogens is 1. The van der Waals surface area contributed by atoms with E-state index in [9.17, 15) is 4.79 Å². The molecule has 6 heteroatoms. The summed E-state index contributed by atoms with van der Waals surface area (Å²) in [6.45, 7) is 0. The highest BCUT2D eigenvalue weighted by atomic mass is 35.5. The molecule has 2 fully saturated rings. The van der Waals surface area contributed by atoms with E-state index in [-0.39, 0.29) is 24.3 Å². The maximum Gasteiger partial charge on any atom is 0.163 e. The van der Waals surface area contributed by atoms with Gasteiger partial charge in [0.2, 0.25) is 0 Å². The van der Waals surface area contributed by atoms with Crippen molar-refractivity contribution in [3.8, 4) is 11.5 Å². The van der Waals surface area contributed by atoms with Crippen molar-refractivity contribution < 1.29 is 14.3 Å². The van der Waals surface area contributed by atoms with Crippen molar-refractivity contribution >= 4 is 23.9 Å². The fourth-order valence-electron chi connectivity index (χ4n) is 4.12. The number of carbonyl (C=O) groups is 1. The number of carbonyl (C=O) groups excluding carboxylic acids is 1. The van der Waals surface area contributed by atoms with Gasteiger partial charge in [0.15, 0.2) is 11.5 Å². The molecule has 2 atom stereocenters.